The van der Waals surface area contributed by atoms with E-state index in [2.05, 4.69) is 8.37 Å². The van der Waals surface area contributed by atoms with Crippen LogP contribution in [0.3, 0.4) is 0 Å². The first-order valence-corrected chi connectivity index (χ1v) is 8.20. The van der Waals surface area contributed by atoms with Crippen LogP contribution in [-0.2, 0) is 28.6 Å². The van der Waals surface area contributed by atoms with E-state index in [1.54, 1.807) is 13.8 Å². The number of hydrogen-bond donors (Lipinski definition) is 0. The summed E-state index contributed by atoms with van der Waals surface area (Å²) in [4.78, 5) is 0. The molecule has 0 unspecified atom stereocenters. The van der Waals surface area contributed by atoms with Gasteiger partial charge in [-0.2, -0.15) is 16.8 Å². The molecule has 0 radical (unpaired) electrons. The second-order valence-electron chi connectivity index (χ2n) is 3.28. The second-order valence-corrected chi connectivity index (χ2v) is 6.72. The van der Waals surface area contributed by atoms with Gasteiger partial charge >= 0.3 is 0 Å². The molecule has 0 bridgehead atoms. The summed E-state index contributed by atoms with van der Waals surface area (Å²) in [6, 6.07) is 0. The first kappa shape index (κ1) is 15.8. The van der Waals surface area contributed by atoms with E-state index >= 15 is 0 Å². The van der Waals surface area contributed by atoms with Gasteiger partial charge in [0, 0.05) is 0 Å². The van der Waals surface area contributed by atoms with Gasteiger partial charge in [-0.1, -0.05) is 13.8 Å². The summed E-state index contributed by atoms with van der Waals surface area (Å²) in [6.45, 7) is 4.60. The lowest BCUT2D eigenvalue weighted by atomic mass is 10.6. The molecular weight excluding hydrogens is 256 g/mol. The summed E-state index contributed by atoms with van der Waals surface area (Å²) >= 11 is 0. The predicted octanol–water partition coefficient (Wildman–Crippen LogP) is 0.845. The molecule has 6 nitrogen and oxygen atoms in total. The van der Waals surface area contributed by atoms with Crippen molar-refractivity contribution in [2.75, 3.05) is 11.5 Å². The van der Waals surface area contributed by atoms with Gasteiger partial charge < -0.3 is 0 Å². The SMILES string of the molecule is CCCS(=O)(=O)OC(C)OS(=O)(=O)CCC. The third-order valence-electron chi connectivity index (χ3n) is 1.47. The molecule has 0 aliphatic carbocycles. The number of hydrogen-bond acceptors (Lipinski definition) is 6. The van der Waals surface area contributed by atoms with Gasteiger partial charge in [-0.25, -0.2) is 8.37 Å². The second kappa shape index (κ2) is 6.53. The summed E-state index contributed by atoms with van der Waals surface area (Å²) < 4.78 is 53.8. The molecule has 0 saturated heterocycles. The lowest BCUT2D eigenvalue weighted by molar-refractivity contribution is 0.0344. The van der Waals surface area contributed by atoms with Gasteiger partial charge in [0.25, 0.3) is 20.2 Å². The fourth-order valence-corrected chi connectivity index (χ4v) is 3.17. The molecule has 0 saturated carbocycles. The van der Waals surface area contributed by atoms with E-state index in [1.165, 1.54) is 6.92 Å². The maximum Gasteiger partial charge on any atom is 0.269 e. The van der Waals surface area contributed by atoms with Gasteiger partial charge in [0.2, 0.25) is 0 Å². The largest absolute Gasteiger partial charge is 0.269 e. The van der Waals surface area contributed by atoms with E-state index in [9.17, 15) is 16.8 Å². The highest BCUT2D eigenvalue weighted by molar-refractivity contribution is 7.87. The monoisotopic (exact) mass is 274 g/mol. The van der Waals surface area contributed by atoms with Gasteiger partial charge in [0.1, 0.15) is 0 Å². The molecule has 0 aliphatic rings. The van der Waals surface area contributed by atoms with E-state index in [0.29, 0.717) is 12.8 Å². The summed E-state index contributed by atoms with van der Waals surface area (Å²) in [7, 11) is -7.42. The Morgan fingerprint density at radius 2 is 1.19 bits per heavy atom. The summed E-state index contributed by atoms with van der Waals surface area (Å²) in [5, 5.41) is 0. The minimum absolute atomic E-state index is 0.158. The molecule has 16 heavy (non-hydrogen) atoms. The Labute approximate surface area is 97.2 Å². The van der Waals surface area contributed by atoms with Crippen LogP contribution in [0.4, 0.5) is 0 Å². The third kappa shape index (κ3) is 7.15. The normalized spacial score (nSPS) is 13.2. The molecule has 0 atom stereocenters. The third-order valence-corrected chi connectivity index (χ3v) is 4.42. The van der Waals surface area contributed by atoms with E-state index in [1.807, 2.05) is 0 Å². The molecule has 0 aromatic rings. The zero-order chi connectivity index (χ0) is 12.8. The molecule has 0 heterocycles. The molecule has 0 aliphatic heterocycles. The topological polar surface area (TPSA) is 86.7 Å². The standard InChI is InChI=1S/C8H18O6S2/c1-4-6-15(9,10)13-8(3)14-16(11,12)7-5-2/h8H,4-7H2,1-3H3. The highest BCUT2D eigenvalue weighted by Crippen LogP contribution is 2.08. The Bertz CT molecular complexity index is 345. The zero-order valence-electron chi connectivity index (χ0n) is 9.67. The molecule has 0 amide bonds. The van der Waals surface area contributed by atoms with Crippen LogP contribution in [0.5, 0.6) is 0 Å². The van der Waals surface area contributed by atoms with Crippen molar-refractivity contribution in [3.63, 3.8) is 0 Å². The fraction of sp³-hybridized carbons (Fsp3) is 1.00. The first-order chi connectivity index (χ1) is 7.22. The summed E-state index contributed by atoms with van der Waals surface area (Å²) in [5.74, 6) is -0.316. The maximum atomic E-state index is 11.2. The van der Waals surface area contributed by atoms with Crippen molar-refractivity contribution in [3.05, 3.63) is 0 Å². The van der Waals surface area contributed by atoms with Gasteiger partial charge in [0.15, 0.2) is 6.29 Å². The van der Waals surface area contributed by atoms with Crippen LogP contribution in [-0.4, -0.2) is 34.6 Å². The van der Waals surface area contributed by atoms with Crippen LogP contribution in [0.15, 0.2) is 0 Å². The van der Waals surface area contributed by atoms with E-state index < -0.39 is 26.5 Å². The van der Waals surface area contributed by atoms with Gasteiger partial charge in [-0.05, 0) is 19.8 Å². The average molecular weight is 274 g/mol. The van der Waals surface area contributed by atoms with E-state index in [-0.39, 0.29) is 11.5 Å². The molecular formula is C8H18O6S2. The Hall–Kier alpha value is -0.180. The predicted molar refractivity (Wildman–Crippen MR) is 59.8 cm³/mol. The van der Waals surface area contributed by atoms with E-state index in [4.69, 9.17) is 0 Å². The lowest BCUT2D eigenvalue weighted by Gasteiger charge is -2.12. The van der Waals surface area contributed by atoms with Crippen LogP contribution in [0.1, 0.15) is 33.6 Å². The number of rotatable bonds is 8. The van der Waals surface area contributed by atoms with Crippen molar-refractivity contribution >= 4 is 20.2 Å². The smallest absolute Gasteiger partial charge is 0.237 e. The minimum atomic E-state index is -3.71. The molecule has 8 heteroatoms. The Morgan fingerprint density at radius 3 is 1.44 bits per heavy atom. The molecule has 0 fully saturated rings. The maximum absolute atomic E-state index is 11.2. The molecule has 0 aromatic carbocycles. The minimum Gasteiger partial charge on any atom is -0.237 e. The van der Waals surface area contributed by atoms with Crippen LogP contribution in [0, 0.1) is 0 Å². The zero-order valence-corrected chi connectivity index (χ0v) is 11.3. The van der Waals surface area contributed by atoms with Gasteiger partial charge in [-0.3, -0.25) is 0 Å². The van der Waals surface area contributed by atoms with Crippen LogP contribution < -0.4 is 0 Å². The van der Waals surface area contributed by atoms with Crippen molar-refractivity contribution in [1.82, 2.24) is 0 Å². The fourth-order valence-electron chi connectivity index (χ4n) is 1.03. The summed E-state index contributed by atoms with van der Waals surface area (Å²) in [5.41, 5.74) is 0. The average Bonchev–Trinajstić information content (AvgIpc) is 1.99. The molecule has 0 rings (SSSR count). The van der Waals surface area contributed by atoms with Crippen molar-refractivity contribution in [3.8, 4) is 0 Å². The van der Waals surface area contributed by atoms with Crippen LogP contribution >= 0.6 is 0 Å². The highest BCUT2D eigenvalue weighted by atomic mass is 32.2. The van der Waals surface area contributed by atoms with Crippen molar-refractivity contribution in [2.45, 2.75) is 39.9 Å². The summed E-state index contributed by atoms with van der Waals surface area (Å²) in [6.07, 6.45) is -0.513. The van der Waals surface area contributed by atoms with Crippen molar-refractivity contribution in [1.29, 1.82) is 0 Å². The first-order valence-electron chi connectivity index (χ1n) is 5.04. The van der Waals surface area contributed by atoms with Crippen LogP contribution in [0.2, 0.25) is 0 Å². The van der Waals surface area contributed by atoms with E-state index in [0.717, 1.165) is 0 Å². The van der Waals surface area contributed by atoms with Crippen molar-refractivity contribution in [2.24, 2.45) is 0 Å². The molecule has 0 spiro atoms. The van der Waals surface area contributed by atoms with Crippen molar-refractivity contribution < 1.29 is 25.2 Å². The lowest BCUT2D eigenvalue weighted by Crippen LogP contribution is -2.24. The molecule has 0 N–H and O–H groups in total. The Morgan fingerprint density at radius 1 is 0.875 bits per heavy atom. The Balaban J connectivity index is 4.34. The quantitative estimate of drug-likeness (QED) is 0.481. The van der Waals surface area contributed by atoms with Crippen LogP contribution in [0.25, 0.3) is 0 Å². The van der Waals surface area contributed by atoms with Gasteiger partial charge in [-0.15, -0.1) is 0 Å². The highest BCUT2D eigenvalue weighted by Gasteiger charge is 2.21. The van der Waals surface area contributed by atoms with Gasteiger partial charge in [0.05, 0.1) is 11.5 Å². The Kier molecular flexibility index (Phi) is 6.46. The molecule has 0 aromatic heterocycles. The molecule has 98 valence electrons.